The maximum atomic E-state index is 5.78. The Hall–Kier alpha value is -6.55. The number of aromatic nitrogens is 5. The minimum absolute atomic E-state index is 0. The first-order valence-corrected chi connectivity index (χ1v) is 24.4. The molecule has 352 valence electrons. The standard InChI is InChI=1S/C64H61N5.Pt/c1-61(2,3)42-22-26-46(27-23-42)68-55-20-16-19-47(59(55)67-60(68)52-38-45(64(10,11)12)37-51-49-35-43(62(4,5)6)24-29-53(49)66-58(51)52)41-21-28-48-50-36-44(63(7,8)9)25-30-54(50)69(56(48)33-41)57-34-40(31-32-65-57)39-17-14-13-15-18-39;/h13-32,34-38H,1-12H3;/q-2;+2. The molecule has 0 saturated carbocycles. The summed E-state index contributed by atoms with van der Waals surface area (Å²) in [5.41, 5.74) is 17.2. The smallest absolute Gasteiger partial charge is 0.656 e. The SMILES string of the molecule is CC(C)(C)c1ccc(-n2c(-c3cc(C(C)(C)C)cc4c3[n-]c3ccc(C(C)(C)C)cc34)nc3c(-c4[c-]c5c(cc4)c4cc(C(C)(C)C)ccc4n5-c4cc(-c5ccccc5)ccn4)cccc32)cc1.[Pt+2]. The average molecular weight is 1100 g/mol. The van der Waals surface area contributed by atoms with Gasteiger partial charge in [-0.2, -0.15) is 0 Å². The van der Waals surface area contributed by atoms with Crippen molar-refractivity contribution in [1.29, 1.82) is 0 Å². The quantitative estimate of drug-likeness (QED) is 0.161. The zero-order valence-corrected chi connectivity index (χ0v) is 44.8. The summed E-state index contributed by atoms with van der Waals surface area (Å²) in [6, 6.07) is 57.4. The summed E-state index contributed by atoms with van der Waals surface area (Å²) < 4.78 is 4.65. The number of benzene rings is 7. The van der Waals surface area contributed by atoms with Crippen molar-refractivity contribution in [3.63, 3.8) is 0 Å². The summed E-state index contributed by atoms with van der Waals surface area (Å²) in [6.07, 6.45) is 1.92. The number of nitrogens with zero attached hydrogens (tertiary/aromatic N) is 5. The molecule has 0 amide bonds. The zero-order chi connectivity index (χ0) is 48.4. The molecule has 4 heterocycles. The zero-order valence-electron chi connectivity index (χ0n) is 42.5. The fraction of sp³-hybridized carbons (Fsp3) is 0.250. The van der Waals surface area contributed by atoms with Crippen LogP contribution in [0.1, 0.15) is 105 Å². The second-order valence-electron chi connectivity index (χ2n) is 23.2. The van der Waals surface area contributed by atoms with Crippen molar-refractivity contribution in [3.05, 3.63) is 180 Å². The fourth-order valence-corrected chi connectivity index (χ4v) is 10.0. The molecular weight excluding hydrogens is 1030 g/mol. The van der Waals surface area contributed by atoms with E-state index in [-0.39, 0.29) is 42.7 Å². The third kappa shape index (κ3) is 8.10. The molecule has 0 bridgehead atoms. The van der Waals surface area contributed by atoms with Gasteiger partial charge in [-0.1, -0.05) is 185 Å². The van der Waals surface area contributed by atoms with Crippen LogP contribution >= 0.6 is 0 Å². The van der Waals surface area contributed by atoms with E-state index < -0.39 is 0 Å². The Labute approximate surface area is 427 Å². The Balaban J connectivity index is 0.00000567. The van der Waals surface area contributed by atoms with Gasteiger partial charge < -0.3 is 9.55 Å². The summed E-state index contributed by atoms with van der Waals surface area (Å²) in [5, 5.41) is 4.66. The fourth-order valence-electron chi connectivity index (χ4n) is 10.0. The molecule has 11 rings (SSSR count). The van der Waals surface area contributed by atoms with Crippen LogP contribution < -0.4 is 4.98 Å². The van der Waals surface area contributed by atoms with Gasteiger partial charge in [-0.05, 0) is 119 Å². The number of hydrogen-bond donors (Lipinski definition) is 0. The van der Waals surface area contributed by atoms with Crippen molar-refractivity contribution >= 4 is 54.6 Å². The van der Waals surface area contributed by atoms with Gasteiger partial charge >= 0.3 is 21.1 Å². The first kappa shape index (κ1) is 47.1. The van der Waals surface area contributed by atoms with Crippen molar-refractivity contribution < 1.29 is 21.1 Å². The third-order valence-corrected chi connectivity index (χ3v) is 14.2. The van der Waals surface area contributed by atoms with Crippen molar-refractivity contribution in [2.45, 2.75) is 105 Å². The van der Waals surface area contributed by atoms with Crippen LogP contribution in [0.25, 0.3) is 99.8 Å². The van der Waals surface area contributed by atoms with E-state index in [0.29, 0.717) is 0 Å². The van der Waals surface area contributed by atoms with Gasteiger partial charge in [0.25, 0.3) is 0 Å². The predicted octanol–water partition coefficient (Wildman–Crippen LogP) is 16.8. The summed E-state index contributed by atoms with van der Waals surface area (Å²) in [5.74, 6) is 1.71. The number of rotatable bonds is 5. The Kier molecular flexibility index (Phi) is 11.3. The molecule has 11 aromatic rings. The van der Waals surface area contributed by atoms with Crippen molar-refractivity contribution in [3.8, 4) is 45.1 Å². The van der Waals surface area contributed by atoms with Crippen LogP contribution in [0.3, 0.4) is 0 Å². The topological polar surface area (TPSA) is 49.7 Å². The largest absolute Gasteiger partial charge is 2.00 e. The van der Waals surface area contributed by atoms with E-state index >= 15 is 0 Å². The van der Waals surface area contributed by atoms with Crippen LogP contribution in [0.5, 0.6) is 0 Å². The van der Waals surface area contributed by atoms with E-state index in [1.807, 2.05) is 6.20 Å². The van der Waals surface area contributed by atoms with Gasteiger partial charge in [0.2, 0.25) is 0 Å². The van der Waals surface area contributed by atoms with Gasteiger partial charge in [-0.25, -0.2) is 9.97 Å². The summed E-state index contributed by atoms with van der Waals surface area (Å²) in [4.78, 5) is 16.3. The van der Waals surface area contributed by atoms with Crippen LogP contribution in [0.15, 0.2) is 152 Å². The van der Waals surface area contributed by atoms with Gasteiger partial charge in [0.1, 0.15) is 11.6 Å². The second-order valence-corrected chi connectivity index (χ2v) is 23.2. The molecule has 6 heteroatoms. The molecule has 0 aliphatic heterocycles. The summed E-state index contributed by atoms with van der Waals surface area (Å²) in [7, 11) is 0. The molecule has 4 aromatic heterocycles. The maximum absolute atomic E-state index is 5.78. The number of fused-ring (bicyclic) bond motifs is 7. The van der Waals surface area contributed by atoms with Crippen molar-refractivity contribution in [2.24, 2.45) is 0 Å². The molecule has 0 spiro atoms. The molecular formula is C64H61N5Pt. The normalized spacial score (nSPS) is 12.7. The van der Waals surface area contributed by atoms with Crippen LogP contribution in [-0.4, -0.2) is 19.1 Å². The van der Waals surface area contributed by atoms with Gasteiger partial charge in [0, 0.05) is 23.0 Å². The number of pyridine rings is 1. The van der Waals surface area contributed by atoms with Crippen molar-refractivity contribution in [1.82, 2.24) is 24.1 Å². The van der Waals surface area contributed by atoms with Crippen LogP contribution in [0, 0.1) is 6.07 Å². The van der Waals surface area contributed by atoms with E-state index in [0.717, 1.165) is 89.0 Å². The second kappa shape index (κ2) is 16.8. The molecule has 7 aromatic carbocycles. The van der Waals surface area contributed by atoms with E-state index in [2.05, 4.69) is 244 Å². The van der Waals surface area contributed by atoms with Crippen LogP contribution in [-0.2, 0) is 42.7 Å². The van der Waals surface area contributed by atoms with Crippen molar-refractivity contribution in [2.75, 3.05) is 0 Å². The average Bonchev–Trinajstić information content (AvgIpc) is 3.99. The van der Waals surface area contributed by atoms with Crippen LogP contribution in [0.4, 0.5) is 0 Å². The van der Waals surface area contributed by atoms with Gasteiger partial charge in [-0.3, -0.25) is 4.57 Å². The summed E-state index contributed by atoms with van der Waals surface area (Å²) in [6.45, 7) is 27.4. The molecule has 0 aliphatic rings. The predicted molar refractivity (Wildman–Crippen MR) is 291 cm³/mol. The first-order chi connectivity index (χ1) is 32.7. The van der Waals surface area contributed by atoms with E-state index in [9.17, 15) is 0 Å². The molecule has 0 unspecified atom stereocenters. The molecule has 0 N–H and O–H groups in total. The number of imidazole rings is 1. The molecule has 70 heavy (non-hydrogen) atoms. The summed E-state index contributed by atoms with van der Waals surface area (Å²) >= 11 is 0. The molecule has 0 saturated heterocycles. The minimum atomic E-state index is -0.128. The molecule has 0 fully saturated rings. The Morgan fingerprint density at radius 2 is 1.11 bits per heavy atom. The van der Waals surface area contributed by atoms with Gasteiger partial charge in [0.05, 0.1) is 11.0 Å². The molecule has 0 atom stereocenters. The van der Waals surface area contributed by atoms with Crippen LogP contribution in [0.2, 0.25) is 0 Å². The van der Waals surface area contributed by atoms with E-state index in [1.54, 1.807) is 0 Å². The monoisotopic (exact) mass is 1090 g/mol. The number of hydrogen-bond acceptors (Lipinski definition) is 2. The Morgan fingerprint density at radius 3 is 1.80 bits per heavy atom. The van der Waals surface area contributed by atoms with E-state index in [4.69, 9.17) is 15.0 Å². The Bertz CT molecular complexity index is 3800. The maximum Gasteiger partial charge on any atom is 2.00 e. The Morgan fingerprint density at radius 1 is 0.471 bits per heavy atom. The molecule has 5 nitrogen and oxygen atoms in total. The number of para-hydroxylation sites is 1. The molecule has 0 radical (unpaired) electrons. The minimum Gasteiger partial charge on any atom is -0.656 e. The van der Waals surface area contributed by atoms with Gasteiger partial charge in [0.15, 0.2) is 0 Å². The van der Waals surface area contributed by atoms with E-state index in [1.165, 1.54) is 33.0 Å². The van der Waals surface area contributed by atoms with Gasteiger partial charge in [-0.15, -0.1) is 34.8 Å². The molecule has 0 aliphatic carbocycles. The third-order valence-electron chi connectivity index (χ3n) is 14.2. The first-order valence-electron chi connectivity index (χ1n) is 24.4.